The third-order valence-electron chi connectivity index (χ3n) is 4.96. The summed E-state index contributed by atoms with van der Waals surface area (Å²) in [4.78, 5) is 26.9. The zero-order valence-corrected chi connectivity index (χ0v) is 16.3. The summed E-state index contributed by atoms with van der Waals surface area (Å²) in [5.74, 6) is 1.72. The van der Waals surface area contributed by atoms with Gasteiger partial charge in [0.2, 0.25) is 11.8 Å². The van der Waals surface area contributed by atoms with Crippen LogP contribution in [0.1, 0.15) is 44.9 Å². The van der Waals surface area contributed by atoms with Crippen molar-refractivity contribution < 1.29 is 9.59 Å². The number of nitrogens with zero attached hydrogens (tertiary/aromatic N) is 4. The van der Waals surface area contributed by atoms with Gasteiger partial charge in [0.05, 0.1) is 17.1 Å². The van der Waals surface area contributed by atoms with Gasteiger partial charge in [-0.25, -0.2) is 0 Å². The van der Waals surface area contributed by atoms with Crippen LogP contribution in [0.15, 0.2) is 29.4 Å². The van der Waals surface area contributed by atoms with E-state index in [1.807, 2.05) is 31.2 Å². The molecule has 8 heteroatoms. The Bertz CT molecular complexity index is 877. The first kappa shape index (κ1) is 18.0. The van der Waals surface area contributed by atoms with Gasteiger partial charge in [-0.15, -0.1) is 10.2 Å². The molecule has 0 saturated heterocycles. The van der Waals surface area contributed by atoms with Gasteiger partial charge in [-0.1, -0.05) is 23.9 Å². The van der Waals surface area contributed by atoms with Gasteiger partial charge in [0.1, 0.15) is 5.82 Å². The Morgan fingerprint density at radius 3 is 2.81 bits per heavy atom. The summed E-state index contributed by atoms with van der Waals surface area (Å²) in [6.07, 6.45) is 2.62. The quantitative estimate of drug-likeness (QED) is 0.800. The molecule has 2 aliphatic rings. The fourth-order valence-electron chi connectivity index (χ4n) is 3.51. The lowest BCUT2D eigenvalue weighted by atomic mass is 10.2. The molecule has 2 aromatic rings. The van der Waals surface area contributed by atoms with E-state index in [-0.39, 0.29) is 30.0 Å². The van der Waals surface area contributed by atoms with Crippen LogP contribution in [0.4, 0.5) is 11.4 Å². The summed E-state index contributed by atoms with van der Waals surface area (Å²) in [6, 6.07) is 7.24. The molecule has 1 aliphatic carbocycles. The van der Waals surface area contributed by atoms with Gasteiger partial charge < -0.3 is 14.8 Å². The number of para-hydroxylation sites is 2. The summed E-state index contributed by atoms with van der Waals surface area (Å²) >= 11 is 1.42. The van der Waals surface area contributed by atoms with Crippen LogP contribution in [0.5, 0.6) is 0 Å². The summed E-state index contributed by atoms with van der Waals surface area (Å²) in [5.41, 5.74) is 1.43. The molecule has 0 unspecified atom stereocenters. The maximum atomic E-state index is 13.1. The molecule has 0 spiro atoms. The van der Waals surface area contributed by atoms with E-state index in [1.54, 1.807) is 4.90 Å². The lowest BCUT2D eigenvalue weighted by Crippen LogP contribution is -2.40. The van der Waals surface area contributed by atoms with E-state index in [0.29, 0.717) is 11.6 Å². The first-order chi connectivity index (χ1) is 13.1. The van der Waals surface area contributed by atoms with Gasteiger partial charge in [0, 0.05) is 24.9 Å². The van der Waals surface area contributed by atoms with E-state index in [9.17, 15) is 9.59 Å². The third-order valence-corrected chi connectivity index (χ3v) is 5.91. The Balaban J connectivity index is 1.53. The molecule has 1 aromatic heterocycles. The van der Waals surface area contributed by atoms with Gasteiger partial charge in [-0.2, -0.15) is 0 Å². The molecule has 2 heterocycles. The number of amides is 2. The van der Waals surface area contributed by atoms with E-state index < -0.39 is 0 Å². The average Bonchev–Trinajstić information content (AvgIpc) is 3.42. The summed E-state index contributed by atoms with van der Waals surface area (Å²) in [5, 5.41) is 12.3. The number of hydrogen-bond acceptors (Lipinski definition) is 5. The van der Waals surface area contributed by atoms with Crippen molar-refractivity contribution in [2.24, 2.45) is 0 Å². The maximum absolute atomic E-state index is 13.1. The summed E-state index contributed by atoms with van der Waals surface area (Å²) < 4.78 is 2.11. The Hall–Kier alpha value is -2.35. The average molecular weight is 385 g/mol. The van der Waals surface area contributed by atoms with Crippen molar-refractivity contribution in [3.8, 4) is 0 Å². The Labute approximate surface area is 162 Å². The second kappa shape index (κ2) is 7.34. The normalized spacial score (nSPS) is 19.4. The van der Waals surface area contributed by atoms with E-state index in [0.717, 1.165) is 23.2 Å². The Morgan fingerprint density at radius 2 is 2.07 bits per heavy atom. The lowest BCUT2D eigenvalue weighted by molar-refractivity contribution is -0.117. The zero-order chi connectivity index (χ0) is 19.0. The standard InChI is InChI=1S/C19H23N5O2S/c1-3-23-18(13-8-9-13)21-22-19(23)27-11-17(26)24-12(2)10-16(25)20-14-6-4-5-7-15(14)24/h4-7,12-13H,3,8-11H2,1-2H3,(H,20,25)/t12-/m1/s1. The van der Waals surface area contributed by atoms with Gasteiger partial charge >= 0.3 is 0 Å². The molecule has 1 aliphatic heterocycles. The SMILES string of the molecule is CCn1c(SCC(=O)N2c3ccccc3NC(=O)C[C@H]2C)nnc1C1CC1. The number of carbonyl (C=O) groups is 2. The predicted octanol–water partition coefficient (Wildman–Crippen LogP) is 3.03. The molecule has 0 radical (unpaired) electrons. The van der Waals surface area contributed by atoms with E-state index in [1.165, 1.54) is 24.6 Å². The van der Waals surface area contributed by atoms with Crippen molar-refractivity contribution in [3.63, 3.8) is 0 Å². The number of nitrogens with one attached hydrogen (secondary N) is 1. The van der Waals surface area contributed by atoms with E-state index in [4.69, 9.17) is 0 Å². The van der Waals surface area contributed by atoms with E-state index >= 15 is 0 Å². The Morgan fingerprint density at radius 1 is 1.30 bits per heavy atom. The smallest absolute Gasteiger partial charge is 0.237 e. The van der Waals surface area contributed by atoms with Crippen LogP contribution < -0.4 is 10.2 Å². The second-order valence-corrected chi connectivity index (χ2v) is 7.97. The van der Waals surface area contributed by atoms with Crippen LogP contribution in [-0.2, 0) is 16.1 Å². The monoisotopic (exact) mass is 385 g/mol. The van der Waals surface area contributed by atoms with Crippen molar-refractivity contribution >= 4 is 35.0 Å². The minimum absolute atomic E-state index is 0.0323. The zero-order valence-electron chi connectivity index (χ0n) is 15.5. The second-order valence-electron chi connectivity index (χ2n) is 7.03. The largest absolute Gasteiger partial charge is 0.324 e. The minimum Gasteiger partial charge on any atom is -0.324 e. The predicted molar refractivity (Wildman–Crippen MR) is 105 cm³/mol. The highest BCUT2D eigenvalue weighted by Crippen LogP contribution is 2.40. The highest BCUT2D eigenvalue weighted by Gasteiger charge is 2.32. The first-order valence-corrected chi connectivity index (χ1v) is 10.3. The van der Waals surface area contributed by atoms with Crippen molar-refractivity contribution in [3.05, 3.63) is 30.1 Å². The van der Waals surface area contributed by atoms with Crippen LogP contribution in [0.3, 0.4) is 0 Å². The van der Waals surface area contributed by atoms with Crippen molar-refractivity contribution in [1.29, 1.82) is 0 Å². The van der Waals surface area contributed by atoms with Gasteiger partial charge in [-0.3, -0.25) is 9.59 Å². The number of benzene rings is 1. The summed E-state index contributed by atoms with van der Waals surface area (Å²) in [7, 11) is 0. The molecule has 0 bridgehead atoms. The maximum Gasteiger partial charge on any atom is 0.237 e. The van der Waals surface area contributed by atoms with Crippen molar-refractivity contribution in [2.75, 3.05) is 16.0 Å². The molecule has 27 heavy (non-hydrogen) atoms. The molecule has 1 N–H and O–H groups in total. The minimum atomic E-state index is -0.201. The molecule has 7 nitrogen and oxygen atoms in total. The summed E-state index contributed by atoms with van der Waals surface area (Å²) in [6.45, 7) is 4.78. The van der Waals surface area contributed by atoms with E-state index in [2.05, 4.69) is 27.0 Å². The van der Waals surface area contributed by atoms with Gasteiger partial charge in [0.15, 0.2) is 5.16 Å². The molecular formula is C19H23N5O2S. The first-order valence-electron chi connectivity index (χ1n) is 9.35. The number of hydrogen-bond donors (Lipinski definition) is 1. The van der Waals surface area contributed by atoms with Crippen LogP contribution in [0.2, 0.25) is 0 Å². The fourth-order valence-corrected chi connectivity index (χ4v) is 4.38. The molecule has 1 fully saturated rings. The molecule has 2 amide bonds. The fraction of sp³-hybridized carbons (Fsp3) is 0.474. The highest BCUT2D eigenvalue weighted by molar-refractivity contribution is 7.99. The van der Waals surface area contributed by atoms with Crippen LogP contribution in [0.25, 0.3) is 0 Å². The molecule has 1 saturated carbocycles. The topological polar surface area (TPSA) is 80.1 Å². The van der Waals surface area contributed by atoms with Gasteiger partial charge in [0.25, 0.3) is 0 Å². The molecule has 142 valence electrons. The molecular weight excluding hydrogens is 362 g/mol. The van der Waals surface area contributed by atoms with Crippen molar-refractivity contribution in [1.82, 2.24) is 14.8 Å². The highest BCUT2D eigenvalue weighted by atomic mass is 32.2. The number of thioether (sulfide) groups is 1. The third kappa shape index (κ3) is 3.58. The number of carbonyl (C=O) groups excluding carboxylic acids is 2. The number of aromatic nitrogens is 3. The van der Waals surface area contributed by atoms with Gasteiger partial charge in [-0.05, 0) is 38.8 Å². The number of fused-ring (bicyclic) bond motifs is 1. The number of rotatable bonds is 5. The molecule has 1 aromatic carbocycles. The van der Waals surface area contributed by atoms with Crippen LogP contribution in [0, 0.1) is 0 Å². The number of anilines is 2. The lowest BCUT2D eigenvalue weighted by Gasteiger charge is -2.27. The van der Waals surface area contributed by atoms with Crippen LogP contribution in [-0.4, -0.2) is 38.4 Å². The van der Waals surface area contributed by atoms with Crippen molar-refractivity contribution in [2.45, 2.75) is 56.8 Å². The molecule has 4 rings (SSSR count). The molecule has 1 atom stereocenters. The van der Waals surface area contributed by atoms with Crippen LogP contribution >= 0.6 is 11.8 Å². The Kier molecular flexibility index (Phi) is 4.90.